The van der Waals surface area contributed by atoms with Crippen molar-refractivity contribution in [3.05, 3.63) is 22.2 Å². The Labute approximate surface area is 128 Å². The Kier molecular flexibility index (Phi) is 6.02. The van der Waals surface area contributed by atoms with E-state index in [0.717, 1.165) is 21.5 Å². The summed E-state index contributed by atoms with van der Waals surface area (Å²) in [4.78, 5) is 0. The van der Waals surface area contributed by atoms with E-state index in [1.807, 2.05) is 12.1 Å². The Hall–Kier alpha value is -0.390. The quantitative estimate of drug-likeness (QED) is 0.790. The minimum absolute atomic E-state index is 0.172. The van der Waals surface area contributed by atoms with Crippen LogP contribution in [0.25, 0.3) is 0 Å². The average Bonchev–Trinajstić information content (AvgIpc) is 2.34. The maximum atomic E-state index is 5.45. The molecule has 0 fully saturated rings. The first-order chi connectivity index (χ1) is 8.78. The van der Waals surface area contributed by atoms with E-state index in [-0.39, 0.29) is 10.8 Å². The lowest BCUT2D eigenvalue weighted by Crippen LogP contribution is -2.20. The monoisotopic (exact) mass is 347 g/mol. The molecular weight excluding hydrogens is 326 g/mol. The fraction of sp³-hybridized carbons (Fsp3) is 0.571. The van der Waals surface area contributed by atoms with Gasteiger partial charge in [-0.15, -0.1) is 0 Å². The van der Waals surface area contributed by atoms with E-state index in [2.05, 4.69) is 48.3 Å². The molecule has 1 aromatic rings. The van der Waals surface area contributed by atoms with Crippen LogP contribution in [0, 0.1) is 0 Å². The first-order valence-electron chi connectivity index (χ1n) is 6.13. The zero-order valence-electron chi connectivity index (χ0n) is 12.3. The second-order valence-electron chi connectivity index (χ2n) is 5.28. The Bertz CT molecular complexity index is 432. The topological polar surface area (TPSA) is 30.5 Å². The largest absolute Gasteiger partial charge is 0.496 e. The van der Waals surface area contributed by atoms with Crippen LogP contribution in [-0.2, 0) is 0 Å². The molecule has 0 aliphatic carbocycles. The van der Waals surface area contributed by atoms with E-state index in [0.29, 0.717) is 0 Å². The van der Waals surface area contributed by atoms with Crippen molar-refractivity contribution in [2.45, 2.75) is 38.5 Å². The third kappa shape index (κ3) is 4.89. The van der Waals surface area contributed by atoms with Gasteiger partial charge in [-0.25, -0.2) is 0 Å². The fourth-order valence-electron chi connectivity index (χ4n) is 1.55. The molecular formula is C14H22BrNO2S. The molecule has 0 bridgehead atoms. The second kappa shape index (κ2) is 6.86. The van der Waals surface area contributed by atoms with E-state index >= 15 is 0 Å². The van der Waals surface area contributed by atoms with Crippen molar-refractivity contribution in [2.24, 2.45) is 0 Å². The van der Waals surface area contributed by atoms with E-state index in [4.69, 9.17) is 9.47 Å². The molecule has 0 saturated heterocycles. The number of halogens is 1. The normalized spacial score (nSPS) is 13.2. The molecule has 1 aromatic carbocycles. The van der Waals surface area contributed by atoms with E-state index < -0.39 is 0 Å². The third-order valence-corrected chi connectivity index (χ3v) is 4.22. The van der Waals surface area contributed by atoms with Crippen LogP contribution < -0.4 is 14.2 Å². The summed E-state index contributed by atoms with van der Waals surface area (Å²) in [7, 11) is 3.33. The molecule has 19 heavy (non-hydrogen) atoms. The lowest BCUT2D eigenvalue weighted by Gasteiger charge is -2.23. The second-order valence-corrected chi connectivity index (χ2v) is 7.80. The van der Waals surface area contributed by atoms with Crippen molar-refractivity contribution in [3.8, 4) is 11.5 Å². The standard InChI is InChI=1S/C14H22BrNO2S/c1-9(16-19-14(2,3)4)10-7-11(15)13(18-6)8-12(10)17-5/h7-9,16H,1-6H3/t9-/m0/s1. The third-order valence-electron chi connectivity index (χ3n) is 2.51. The van der Waals surface area contributed by atoms with Crippen molar-refractivity contribution in [2.75, 3.05) is 14.2 Å². The van der Waals surface area contributed by atoms with Crippen LogP contribution in [-0.4, -0.2) is 19.0 Å². The number of benzene rings is 1. The number of methoxy groups -OCH3 is 2. The molecule has 5 heteroatoms. The minimum Gasteiger partial charge on any atom is -0.496 e. The van der Waals surface area contributed by atoms with Crippen molar-refractivity contribution < 1.29 is 9.47 Å². The molecule has 0 radical (unpaired) electrons. The number of hydrogen-bond donors (Lipinski definition) is 1. The molecule has 0 amide bonds. The minimum atomic E-state index is 0.172. The Morgan fingerprint density at radius 3 is 2.21 bits per heavy atom. The Morgan fingerprint density at radius 2 is 1.74 bits per heavy atom. The molecule has 0 aliphatic heterocycles. The van der Waals surface area contributed by atoms with E-state index in [9.17, 15) is 0 Å². The highest BCUT2D eigenvalue weighted by Crippen LogP contribution is 2.37. The number of hydrogen-bond acceptors (Lipinski definition) is 4. The molecule has 0 spiro atoms. The Balaban J connectivity index is 2.95. The van der Waals surface area contributed by atoms with Gasteiger partial charge in [-0.1, -0.05) is 11.9 Å². The summed E-state index contributed by atoms with van der Waals surface area (Å²) >= 11 is 5.23. The van der Waals surface area contributed by atoms with E-state index in [1.54, 1.807) is 26.2 Å². The van der Waals surface area contributed by atoms with Crippen LogP contribution in [0.2, 0.25) is 0 Å². The average molecular weight is 348 g/mol. The lowest BCUT2D eigenvalue weighted by molar-refractivity contribution is 0.387. The van der Waals surface area contributed by atoms with Crippen molar-refractivity contribution in [1.29, 1.82) is 0 Å². The Morgan fingerprint density at radius 1 is 1.16 bits per heavy atom. The highest BCUT2D eigenvalue weighted by molar-refractivity contribution is 9.10. The van der Waals surface area contributed by atoms with E-state index in [1.165, 1.54) is 0 Å². The van der Waals surface area contributed by atoms with Crippen molar-refractivity contribution >= 4 is 27.9 Å². The summed E-state index contributed by atoms with van der Waals surface area (Å²) in [5.41, 5.74) is 1.10. The summed E-state index contributed by atoms with van der Waals surface area (Å²) in [6, 6.07) is 4.12. The van der Waals surface area contributed by atoms with Gasteiger partial charge >= 0.3 is 0 Å². The highest BCUT2D eigenvalue weighted by atomic mass is 79.9. The summed E-state index contributed by atoms with van der Waals surface area (Å²) in [5.74, 6) is 1.60. The smallest absolute Gasteiger partial charge is 0.136 e. The van der Waals surface area contributed by atoms with Crippen LogP contribution in [0.3, 0.4) is 0 Å². The van der Waals surface area contributed by atoms with Gasteiger partial charge in [-0.3, -0.25) is 4.72 Å². The van der Waals surface area contributed by atoms with Crippen LogP contribution in [0.1, 0.15) is 39.3 Å². The van der Waals surface area contributed by atoms with Crippen molar-refractivity contribution in [1.82, 2.24) is 4.72 Å². The first kappa shape index (κ1) is 16.7. The number of nitrogens with one attached hydrogen (secondary N) is 1. The fourth-order valence-corrected chi connectivity index (χ4v) is 2.73. The van der Waals surface area contributed by atoms with Gasteiger partial charge in [0.2, 0.25) is 0 Å². The zero-order chi connectivity index (χ0) is 14.6. The van der Waals surface area contributed by atoms with Crippen molar-refractivity contribution in [3.63, 3.8) is 0 Å². The molecule has 0 saturated carbocycles. The molecule has 1 atom stereocenters. The predicted octanol–water partition coefficient (Wildman–Crippen LogP) is 4.56. The molecule has 1 rings (SSSR count). The van der Waals surface area contributed by atoms with Crippen LogP contribution in [0.5, 0.6) is 11.5 Å². The number of ether oxygens (including phenoxy) is 2. The molecule has 0 aliphatic rings. The maximum Gasteiger partial charge on any atom is 0.136 e. The first-order valence-corrected chi connectivity index (χ1v) is 7.74. The van der Waals surface area contributed by atoms with Gasteiger partial charge in [0.25, 0.3) is 0 Å². The van der Waals surface area contributed by atoms with Gasteiger partial charge in [0, 0.05) is 22.4 Å². The molecule has 0 aromatic heterocycles. The van der Waals surface area contributed by atoms with Crippen LogP contribution in [0.15, 0.2) is 16.6 Å². The predicted molar refractivity (Wildman–Crippen MR) is 86.1 cm³/mol. The molecule has 0 heterocycles. The molecule has 3 nitrogen and oxygen atoms in total. The SMILES string of the molecule is COc1cc(OC)c([C@H](C)NSC(C)(C)C)cc1Br. The number of rotatable bonds is 5. The molecule has 0 unspecified atom stereocenters. The van der Waals surface area contributed by atoms with Gasteiger partial charge in [-0.05, 0) is 49.7 Å². The van der Waals surface area contributed by atoms with Gasteiger partial charge in [0.05, 0.1) is 18.7 Å². The lowest BCUT2D eigenvalue weighted by atomic mass is 10.1. The summed E-state index contributed by atoms with van der Waals surface area (Å²) in [6.45, 7) is 8.66. The van der Waals surface area contributed by atoms with Gasteiger partial charge < -0.3 is 9.47 Å². The van der Waals surface area contributed by atoms with Gasteiger partial charge in [0.15, 0.2) is 0 Å². The summed E-state index contributed by atoms with van der Waals surface area (Å²) in [5, 5.41) is 0. The maximum absolute atomic E-state index is 5.45. The van der Waals surface area contributed by atoms with Gasteiger partial charge in [-0.2, -0.15) is 0 Å². The molecule has 1 N–H and O–H groups in total. The zero-order valence-corrected chi connectivity index (χ0v) is 14.7. The summed E-state index contributed by atoms with van der Waals surface area (Å²) in [6.07, 6.45) is 0. The van der Waals surface area contributed by atoms with Crippen LogP contribution in [0.4, 0.5) is 0 Å². The van der Waals surface area contributed by atoms with Gasteiger partial charge in [0.1, 0.15) is 11.5 Å². The molecule has 108 valence electrons. The summed E-state index contributed by atoms with van der Waals surface area (Å²) < 4.78 is 15.3. The van der Waals surface area contributed by atoms with Crippen LogP contribution >= 0.6 is 27.9 Å². The highest BCUT2D eigenvalue weighted by Gasteiger charge is 2.18.